The van der Waals surface area contributed by atoms with Crippen molar-refractivity contribution in [1.82, 2.24) is 14.9 Å². The first kappa shape index (κ1) is 22.2. The molecule has 0 radical (unpaired) electrons. The number of carbonyl (C=O) groups excluding carboxylic acids is 2. The summed E-state index contributed by atoms with van der Waals surface area (Å²) in [6, 6.07) is 5.46. The molecule has 2 aliphatic rings. The van der Waals surface area contributed by atoms with Gasteiger partial charge >= 0.3 is 0 Å². The Kier molecular flexibility index (Phi) is 6.05. The van der Waals surface area contributed by atoms with E-state index in [0.717, 1.165) is 21.6 Å². The second-order valence-electron chi connectivity index (χ2n) is 8.58. The van der Waals surface area contributed by atoms with Gasteiger partial charge < -0.3 is 4.74 Å². The smallest absolute Gasteiger partial charge is 0.229 e. The summed E-state index contributed by atoms with van der Waals surface area (Å²) in [6.45, 7) is 2.11. The molecular formula is C24H23ClFN3O3S. The quantitative estimate of drug-likeness (QED) is 0.436. The van der Waals surface area contributed by atoms with Crippen LogP contribution in [0.3, 0.4) is 0 Å². The van der Waals surface area contributed by atoms with Gasteiger partial charge in [0, 0.05) is 28.3 Å². The third kappa shape index (κ3) is 4.34. The van der Waals surface area contributed by atoms with Crippen molar-refractivity contribution < 1.29 is 18.7 Å². The third-order valence-corrected chi connectivity index (χ3v) is 7.53. The van der Waals surface area contributed by atoms with E-state index in [1.807, 2.05) is 13.0 Å². The first-order valence-corrected chi connectivity index (χ1v) is 12.3. The van der Waals surface area contributed by atoms with Gasteiger partial charge in [-0.3, -0.25) is 14.5 Å². The minimum Gasteiger partial charge on any atom is -0.486 e. The maximum atomic E-state index is 14.3. The number of fused-ring (bicyclic) bond motifs is 1. The molecule has 1 aliphatic carbocycles. The number of alkyl halides is 1. The summed E-state index contributed by atoms with van der Waals surface area (Å²) in [7, 11) is 0. The highest BCUT2D eigenvalue weighted by molar-refractivity contribution is 7.19. The van der Waals surface area contributed by atoms with Crippen LogP contribution in [-0.4, -0.2) is 39.0 Å². The zero-order chi connectivity index (χ0) is 23.1. The van der Waals surface area contributed by atoms with Gasteiger partial charge in [0.1, 0.15) is 24.4 Å². The van der Waals surface area contributed by atoms with Gasteiger partial charge in [0.25, 0.3) is 0 Å². The Morgan fingerprint density at radius 3 is 2.67 bits per heavy atom. The van der Waals surface area contributed by atoms with Crippen LogP contribution in [0.4, 0.5) is 4.39 Å². The number of piperidine rings is 1. The summed E-state index contributed by atoms with van der Waals surface area (Å²) in [6.07, 6.45) is 3.35. The second-order valence-corrected chi connectivity index (χ2v) is 10.2. The van der Waals surface area contributed by atoms with E-state index in [1.165, 1.54) is 22.6 Å². The van der Waals surface area contributed by atoms with Crippen molar-refractivity contribution in [3.8, 4) is 17.0 Å². The van der Waals surface area contributed by atoms with E-state index in [1.54, 1.807) is 12.1 Å². The SMILES string of the molecule is Cc1cc(Cl)cc(-c2ncnc3cc(CN4C(=O)CCCC4=O)sc23)c1O[C@@H]1CCC[C@@H]1F. The summed E-state index contributed by atoms with van der Waals surface area (Å²) < 4.78 is 21.3. The number of hydrogen-bond acceptors (Lipinski definition) is 6. The van der Waals surface area contributed by atoms with Gasteiger partial charge in [0.05, 0.1) is 22.5 Å². The Hall–Kier alpha value is -2.58. The molecular weight excluding hydrogens is 465 g/mol. The normalized spacial score (nSPS) is 21.2. The minimum absolute atomic E-state index is 0.145. The summed E-state index contributed by atoms with van der Waals surface area (Å²) in [5, 5.41) is 0.533. The molecule has 33 heavy (non-hydrogen) atoms. The highest BCUT2D eigenvalue weighted by Crippen LogP contribution is 2.42. The predicted octanol–water partition coefficient (Wildman–Crippen LogP) is 5.63. The standard InChI is InChI=1S/C24H23ClFN3O3S/c1-13-8-14(25)9-16(23(13)32-19-5-2-4-17(19)26)22-24-18(27-12-28-22)10-15(33-24)11-29-20(30)6-3-7-21(29)31/h8-10,12,17,19H,2-7,11H2,1H3/t17-,19+/m0/s1. The fourth-order valence-corrected chi connectivity index (χ4v) is 5.91. The third-order valence-electron chi connectivity index (χ3n) is 6.20. The molecule has 2 amide bonds. The molecule has 172 valence electrons. The van der Waals surface area contributed by atoms with E-state index in [4.69, 9.17) is 16.3 Å². The number of hydrogen-bond donors (Lipinski definition) is 0. The van der Waals surface area contributed by atoms with E-state index < -0.39 is 12.3 Å². The van der Waals surface area contributed by atoms with Gasteiger partial charge in [0.2, 0.25) is 11.8 Å². The van der Waals surface area contributed by atoms with Crippen molar-refractivity contribution in [3.05, 3.63) is 40.0 Å². The number of thiophene rings is 1. The number of ether oxygens (including phenoxy) is 1. The Labute approximate surface area is 199 Å². The molecule has 1 aliphatic heterocycles. The Bertz CT molecular complexity index is 1230. The van der Waals surface area contributed by atoms with Crippen LogP contribution in [0.1, 0.15) is 49.0 Å². The molecule has 3 heterocycles. The number of aryl methyl sites for hydroxylation is 1. The molecule has 2 atom stereocenters. The van der Waals surface area contributed by atoms with E-state index in [-0.39, 0.29) is 18.4 Å². The van der Waals surface area contributed by atoms with Gasteiger partial charge in [-0.15, -0.1) is 11.3 Å². The topological polar surface area (TPSA) is 72.4 Å². The number of amides is 2. The lowest BCUT2D eigenvalue weighted by atomic mass is 10.1. The lowest BCUT2D eigenvalue weighted by Crippen LogP contribution is -2.39. The molecule has 0 spiro atoms. The van der Waals surface area contributed by atoms with E-state index in [2.05, 4.69) is 9.97 Å². The first-order chi connectivity index (χ1) is 15.9. The fourth-order valence-electron chi connectivity index (χ4n) is 4.53. The number of carbonyl (C=O) groups is 2. The number of aromatic nitrogens is 2. The largest absolute Gasteiger partial charge is 0.486 e. The van der Waals surface area contributed by atoms with E-state index in [0.29, 0.717) is 59.7 Å². The van der Waals surface area contributed by atoms with Crippen molar-refractivity contribution in [2.24, 2.45) is 0 Å². The first-order valence-electron chi connectivity index (χ1n) is 11.1. The molecule has 0 unspecified atom stereocenters. The van der Waals surface area contributed by atoms with Crippen LogP contribution in [0, 0.1) is 6.92 Å². The Balaban J connectivity index is 1.55. The molecule has 0 N–H and O–H groups in total. The highest BCUT2D eigenvalue weighted by atomic mass is 35.5. The maximum Gasteiger partial charge on any atom is 0.229 e. The number of likely N-dealkylation sites (tertiary alicyclic amines) is 1. The zero-order valence-corrected chi connectivity index (χ0v) is 19.7. The molecule has 0 bridgehead atoms. The molecule has 2 aromatic heterocycles. The molecule has 1 saturated heterocycles. The lowest BCUT2D eigenvalue weighted by molar-refractivity contribution is -0.148. The number of nitrogens with zero attached hydrogens (tertiary/aromatic N) is 3. The van der Waals surface area contributed by atoms with Gasteiger partial charge in [0.15, 0.2) is 0 Å². The van der Waals surface area contributed by atoms with Crippen molar-refractivity contribution in [3.63, 3.8) is 0 Å². The highest BCUT2D eigenvalue weighted by Gasteiger charge is 2.31. The van der Waals surface area contributed by atoms with Crippen LogP contribution in [0.5, 0.6) is 5.75 Å². The lowest BCUT2D eigenvalue weighted by Gasteiger charge is -2.24. The summed E-state index contributed by atoms with van der Waals surface area (Å²) in [5.74, 6) is 0.285. The summed E-state index contributed by atoms with van der Waals surface area (Å²) in [4.78, 5) is 35.6. The number of imide groups is 1. The number of rotatable bonds is 5. The minimum atomic E-state index is -0.994. The van der Waals surface area contributed by atoms with Crippen LogP contribution >= 0.6 is 22.9 Å². The second kappa shape index (κ2) is 8.99. The number of benzene rings is 1. The van der Waals surface area contributed by atoms with Crippen LogP contribution in [0.2, 0.25) is 5.02 Å². The fraction of sp³-hybridized carbons (Fsp3) is 0.417. The summed E-state index contributed by atoms with van der Waals surface area (Å²) in [5.41, 5.74) is 2.85. The summed E-state index contributed by atoms with van der Waals surface area (Å²) >= 11 is 7.82. The molecule has 9 heteroatoms. The van der Waals surface area contributed by atoms with Crippen molar-refractivity contribution in [2.75, 3.05) is 0 Å². The zero-order valence-electron chi connectivity index (χ0n) is 18.1. The van der Waals surface area contributed by atoms with Gasteiger partial charge in [-0.1, -0.05) is 11.6 Å². The number of halogens is 2. The molecule has 6 nitrogen and oxygen atoms in total. The Morgan fingerprint density at radius 1 is 1.15 bits per heavy atom. The van der Waals surface area contributed by atoms with Crippen molar-refractivity contribution >= 4 is 45.0 Å². The molecule has 5 rings (SSSR count). The van der Waals surface area contributed by atoms with Crippen LogP contribution < -0.4 is 4.74 Å². The van der Waals surface area contributed by atoms with Gasteiger partial charge in [-0.25, -0.2) is 14.4 Å². The van der Waals surface area contributed by atoms with Gasteiger partial charge in [-0.05, 0) is 56.4 Å². The molecule has 2 fully saturated rings. The molecule has 1 saturated carbocycles. The van der Waals surface area contributed by atoms with E-state index >= 15 is 0 Å². The maximum absolute atomic E-state index is 14.3. The molecule has 1 aromatic carbocycles. The van der Waals surface area contributed by atoms with Crippen LogP contribution in [0.15, 0.2) is 24.5 Å². The van der Waals surface area contributed by atoms with Crippen molar-refractivity contribution in [2.45, 2.75) is 64.3 Å². The monoisotopic (exact) mass is 487 g/mol. The predicted molar refractivity (Wildman–Crippen MR) is 125 cm³/mol. The van der Waals surface area contributed by atoms with Gasteiger partial charge in [-0.2, -0.15) is 0 Å². The molecule has 3 aromatic rings. The Morgan fingerprint density at radius 2 is 1.94 bits per heavy atom. The van der Waals surface area contributed by atoms with Crippen LogP contribution in [-0.2, 0) is 16.1 Å². The average molecular weight is 488 g/mol. The van der Waals surface area contributed by atoms with Crippen molar-refractivity contribution in [1.29, 1.82) is 0 Å². The van der Waals surface area contributed by atoms with E-state index in [9.17, 15) is 14.0 Å². The average Bonchev–Trinajstić information content (AvgIpc) is 3.38. The van der Waals surface area contributed by atoms with Crippen LogP contribution in [0.25, 0.3) is 21.5 Å².